The van der Waals surface area contributed by atoms with Gasteiger partial charge in [-0.2, -0.15) is 0 Å². The van der Waals surface area contributed by atoms with Crippen LogP contribution in [0.5, 0.6) is 5.75 Å². The first-order chi connectivity index (χ1) is 9.01. The van der Waals surface area contributed by atoms with E-state index in [1.165, 1.54) is 0 Å². The fraction of sp³-hybridized carbons (Fsp3) is 0.533. The SMILES string of the molecule is CC(C)(CCCO)C(=O)c1ccc(OCCO)cc1. The Morgan fingerprint density at radius 1 is 1.16 bits per heavy atom. The van der Waals surface area contributed by atoms with E-state index in [2.05, 4.69) is 0 Å². The van der Waals surface area contributed by atoms with Crippen molar-refractivity contribution in [1.29, 1.82) is 0 Å². The molecule has 0 aliphatic carbocycles. The number of rotatable bonds is 8. The monoisotopic (exact) mass is 266 g/mol. The predicted octanol–water partition coefficient (Wildman–Crippen LogP) is 2.04. The lowest BCUT2D eigenvalue weighted by Gasteiger charge is -2.22. The van der Waals surface area contributed by atoms with Gasteiger partial charge in [-0.3, -0.25) is 4.79 Å². The van der Waals surface area contributed by atoms with E-state index in [0.717, 1.165) is 0 Å². The molecule has 1 aromatic rings. The first-order valence-electron chi connectivity index (χ1n) is 6.50. The van der Waals surface area contributed by atoms with E-state index < -0.39 is 5.41 Å². The van der Waals surface area contributed by atoms with Gasteiger partial charge in [0.05, 0.1) is 6.61 Å². The highest BCUT2D eigenvalue weighted by atomic mass is 16.5. The maximum Gasteiger partial charge on any atom is 0.168 e. The number of benzene rings is 1. The summed E-state index contributed by atoms with van der Waals surface area (Å²) in [6, 6.07) is 6.92. The Labute approximate surface area is 114 Å². The fourth-order valence-electron chi connectivity index (χ4n) is 1.89. The Bertz CT molecular complexity index is 395. The van der Waals surface area contributed by atoms with Gasteiger partial charge in [0.25, 0.3) is 0 Å². The lowest BCUT2D eigenvalue weighted by atomic mass is 9.80. The molecule has 0 bridgehead atoms. The van der Waals surface area contributed by atoms with Crippen molar-refractivity contribution >= 4 is 5.78 Å². The molecule has 4 heteroatoms. The minimum absolute atomic E-state index is 0.0329. The van der Waals surface area contributed by atoms with Crippen LogP contribution >= 0.6 is 0 Å². The van der Waals surface area contributed by atoms with E-state index in [1.807, 2.05) is 13.8 Å². The van der Waals surface area contributed by atoms with Gasteiger partial charge in [-0.25, -0.2) is 0 Å². The van der Waals surface area contributed by atoms with E-state index in [4.69, 9.17) is 14.9 Å². The lowest BCUT2D eigenvalue weighted by molar-refractivity contribution is 0.0815. The van der Waals surface area contributed by atoms with Gasteiger partial charge >= 0.3 is 0 Å². The topological polar surface area (TPSA) is 66.8 Å². The summed E-state index contributed by atoms with van der Waals surface area (Å²) in [5, 5.41) is 17.5. The van der Waals surface area contributed by atoms with Crippen LogP contribution < -0.4 is 4.74 Å². The van der Waals surface area contributed by atoms with Gasteiger partial charge in [-0.1, -0.05) is 13.8 Å². The van der Waals surface area contributed by atoms with Crippen LogP contribution in [-0.4, -0.2) is 35.8 Å². The van der Waals surface area contributed by atoms with Gasteiger partial charge in [-0.15, -0.1) is 0 Å². The average Bonchev–Trinajstić information content (AvgIpc) is 2.42. The number of aliphatic hydroxyl groups excluding tert-OH is 2. The van der Waals surface area contributed by atoms with Crippen LogP contribution in [-0.2, 0) is 0 Å². The van der Waals surface area contributed by atoms with Crippen LogP contribution in [0.1, 0.15) is 37.0 Å². The number of carbonyl (C=O) groups is 1. The third-order valence-corrected chi connectivity index (χ3v) is 3.05. The van der Waals surface area contributed by atoms with Crippen molar-refractivity contribution in [2.24, 2.45) is 5.41 Å². The Hall–Kier alpha value is -1.39. The summed E-state index contributed by atoms with van der Waals surface area (Å²) >= 11 is 0. The van der Waals surface area contributed by atoms with Crippen molar-refractivity contribution in [3.05, 3.63) is 29.8 Å². The molecule has 0 fully saturated rings. The standard InChI is InChI=1S/C15H22O4/c1-15(2,8-3-9-16)14(18)12-4-6-13(7-5-12)19-11-10-17/h4-7,16-17H,3,8-11H2,1-2H3. The number of ketones is 1. The number of Topliss-reactive ketones (excluding diaryl/α,β-unsaturated/α-hetero) is 1. The highest BCUT2D eigenvalue weighted by Gasteiger charge is 2.27. The second-order valence-electron chi connectivity index (χ2n) is 5.14. The Kier molecular flexibility index (Phi) is 5.99. The normalized spacial score (nSPS) is 11.4. The number of hydrogen-bond donors (Lipinski definition) is 2. The summed E-state index contributed by atoms with van der Waals surface area (Å²) in [5.74, 6) is 0.702. The highest BCUT2D eigenvalue weighted by Crippen LogP contribution is 2.28. The number of carbonyl (C=O) groups excluding carboxylic acids is 1. The molecule has 0 heterocycles. The second-order valence-corrected chi connectivity index (χ2v) is 5.14. The van der Waals surface area contributed by atoms with Gasteiger partial charge in [0.2, 0.25) is 0 Å². The van der Waals surface area contributed by atoms with Crippen LogP contribution in [0, 0.1) is 5.41 Å². The van der Waals surface area contributed by atoms with Crippen molar-refractivity contribution in [1.82, 2.24) is 0 Å². The molecule has 1 aromatic carbocycles. The van der Waals surface area contributed by atoms with E-state index >= 15 is 0 Å². The summed E-state index contributed by atoms with van der Waals surface area (Å²) in [6.07, 6.45) is 1.28. The molecule has 0 aliphatic heterocycles. The zero-order valence-electron chi connectivity index (χ0n) is 11.6. The summed E-state index contributed by atoms with van der Waals surface area (Å²) < 4.78 is 5.25. The van der Waals surface area contributed by atoms with Crippen molar-refractivity contribution in [2.75, 3.05) is 19.8 Å². The van der Waals surface area contributed by atoms with E-state index in [-0.39, 0.29) is 25.6 Å². The molecule has 0 saturated heterocycles. The zero-order chi connectivity index (χ0) is 14.3. The van der Waals surface area contributed by atoms with Crippen LogP contribution in [0.25, 0.3) is 0 Å². The predicted molar refractivity (Wildman–Crippen MR) is 73.5 cm³/mol. The minimum Gasteiger partial charge on any atom is -0.491 e. The number of hydrogen-bond acceptors (Lipinski definition) is 4. The lowest BCUT2D eigenvalue weighted by Crippen LogP contribution is -2.24. The second kappa shape index (κ2) is 7.26. The largest absolute Gasteiger partial charge is 0.491 e. The third-order valence-electron chi connectivity index (χ3n) is 3.05. The van der Waals surface area contributed by atoms with Crippen LogP contribution in [0.4, 0.5) is 0 Å². The van der Waals surface area contributed by atoms with Gasteiger partial charge in [0, 0.05) is 17.6 Å². The molecule has 19 heavy (non-hydrogen) atoms. The average molecular weight is 266 g/mol. The van der Waals surface area contributed by atoms with E-state index in [9.17, 15) is 4.79 Å². The van der Waals surface area contributed by atoms with E-state index in [0.29, 0.717) is 24.2 Å². The van der Waals surface area contributed by atoms with Crippen LogP contribution in [0.3, 0.4) is 0 Å². The van der Waals surface area contributed by atoms with Gasteiger partial charge in [0.1, 0.15) is 12.4 Å². The summed E-state index contributed by atoms with van der Waals surface area (Å²) in [5.41, 5.74) is 0.162. The maximum atomic E-state index is 12.3. The maximum absolute atomic E-state index is 12.3. The molecule has 0 atom stereocenters. The Morgan fingerprint density at radius 2 is 1.79 bits per heavy atom. The van der Waals surface area contributed by atoms with Crippen LogP contribution in [0.2, 0.25) is 0 Å². The molecule has 0 saturated carbocycles. The van der Waals surface area contributed by atoms with E-state index in [1.54, 1.807) is 24.3 Å². The minimum atomic E-state index is -0.476. The smallest absolute Gasteiger partial charge is 0.168 e. The molecule has 0 aliphatic rings. The summed E-state index contributed by atoms with van der Waals surface area (Å²) in [7, 11) is 0. The van der Waals surface area contributed by atoms with Gasteiger partial charge in [-0.05, 0) is 37.1 Å². The molecule has 1 rings (SSSR count). The quantitative estimate of drug-likeness (QED) is 0.707. The number of ether oxygens (including phenoxy) is 1. The van der Waals surface area contributed by atoms with Crippen LogP contribution in [0.15, 0.2) is 24.3 Å². The Morgan fingerprint density at radius 3 is 2.32 bits per heavy atom. The first-order valence-corrected chi connectivity index (χ1v) is 6.50. The molecule has 0 spiro atoms. The third kappa shape index (κ3) is 4.65. The van der Waals surface area contributed by atoms with Crippen molar-refractivity contribution < 1.29 is 19.7 Å². The van der Waals surface area contributed by atoms with Crippen molar-refractivity contribution in [3.63, 3.8) is 0 Å². The summed E-state index contributed by atoms with van der Waals surface area (Å²) in [4.78, 5) is 12.3. The van der Waals surface area contributed by atoms with Gasteiger partial charge < -0.3 is 14.9 Å². The molecule has 106 valence electrons. The van der Waals surface area contributed by atoms with Gasteiger partial charge in [0.15, 0.2) is 5.78 Å². The fourth-order valence-corrected chi connectivity index (χ4v) is 1.89. The number of aliphatic hydroxyl groups is 2. The molecule has 0 unspecified atom stereocenters. The molecule has 0 aromatic heterocycles. The first kappa shape index (κ1) is 15.7. The zero-order valence-corrected chi connectivity index (χ0v) is 11.6. The summed E-state index contributed by atoms with van der Waals surface area (Å²) in [6.45, 7) is 4.09. The molecule has 4 nitrogen and oxygen atoms in total. The Balaban J connectivity index is 2.71. The molecule has 2 N–H and O–H groups in total. The molecule has 0 amide bonds. The molecule has 0 radical (unpaired) electrons. The van der Waals surface area contributed by atoms with Crippen molar-refractivity contribution in [3.8, 4) is 5.75 Å². The molecular weight excluding hydrogens is 244 g/mol. The molecular formula is C15H22O4. The van der Waals surface area contributed by atoms with Crippen molar-refractivity contribution in [2.45, 2.75) is 26.7 Å². The highest BCUT2D eigenvalue weighted by molar-refractivity contribution is 6.00.